The first kappa shape index (κ1) is 15.3. The zero-order valence-electron chi connectivity index (χ0n) is 12.8. The van der Waals surface area contributed by atoms with Crippen LogP contribution in [0.3, 0.4) is 0 Å². The molecule has 0 atom stereocenters. The summed E-state index contributed by atoms with van der Waals surface area (Å²) in [4.78, 5) is 26.9. The van der Waals surface area contributed by atoms with Crippen molar-refractivity contribution in [1.82, 2.24) is 4.90 Å². The molecule has 0 N–H and O–H groups in total. The van der Waals surface area contributed by atoms with E-state index in [1.807, 2.05) is 38.4 Å². The fourth-order valence-corrected chi connectivity index (χ4v) is 2.68. The van der Waals surface area contributed by atoms with Gasteiger partial charge in [0.15, 0.2) is 5.78 Å². The van der Waals surface area contributed by atoms with E-state index in [1.54, 1.807) is 18.0 Å². The first-order chi connectivity index (χ1) is 9.99. The number of ketones is 1. The molecule has 0 amide bonds. The summed E-state index contributed by atoms with van der Waals surface area (Å²) in [5.41, 5.74) is 1.00. The van der Waals surface area contributed by atoms with Crippen molar-refractivity contribution in [1.29, 1.82) is 0 Å². The van der Waals surface area contributed by atoms with E-state index in [0.29, 0.717) is 12.8 Å². The van der Waals surface area contributed by atoms with Crippen LogP contribution in [0.2, 0.25) is 0 Å². The second kappa shape index (κ2) is 6.12. The van der Waals surface area contributed by atoms with Crippen LogP contribution in [0.25, 0.3) is 0 Å². The van der Waals surface area contributed by atoms with Crippen LogP contribution in [-0.4, -0.2) is 37.4 Å². The molecule has 21 heavy (non-hydrogen) atoms. The lowest BCUT2D eigenvalue weighted by atomic mass is 9.80. The Labute approximate surface area is 125 Å². The fourth-order valence-electron chi connectivity index (χ4n) is 2.68. The topological polar surface area (TPSA) is 46.6 Å². The van der Waals surface area contributed by atoms with Gasteiger partial charge >= 0.3 is 5.97 Å². The van der Waals surface area contributed by atoms with Crippen LogP contribution in [0.5, 0.6) is 0 Å². The average molecular weight is 287 g/mol. The largest absolute Gasteiger partial charge is 0.465 e. The maximum atomic E-state index is 12.6. The third-order valence-electron chi connectivity index (χ3n) is 3.76. The summed E-state index contributed by atoms with van der Waals surface area (Å²) < 4.78 is 5.18. The summed E-state index contributed by atoms with van der Waals surface area (Å²) in [6.45, 7) is 2.04. The number of ether oxygens (including phenoxy) is 1. The van der Waals surface area contributed by atoms with Crippen LogP contribution in [0.1, 0.15) is 18.1 Å². The van der Waals surface area contributed by atoms with Crippen LogP contribution < -0.4 is 0 Å². The van der Waals surface area contributed by atoms with Crippen LogP contribution in [-0.2, 0) is 27.2 Å². The van der Waals surface area contributed by atoms with Crippen molar-refractivity contribution >= 4 is 11.8 Å². The Hall–Kier alpha value is -2.10. The molecule has 0 saturated heterocycles. The molecule has 0 radical (unpaired) electrons. The molecule has 0 aromatic heterocycles. The summed E-state index contributed by atoms with van der Waals surface area (Å²) in [6, 6.07) is 7.80. The summed E-state index contributed by atoms with van der Waals surface area (Å²) in [7, 11) is 3.68. The number of hydrogen-bond donors (Lipinski definition) is 0. The minimum Gasteiger partial charge on any atom is -0.465 e. The Morgan fingerprint density at radius 3 is 2.29 bits per heavy atom. The molecule has 4 nitrogen and oxygen atoms in total. The van der Waals surface area contributed by atoms with Crippen molar-refractivity contribution in [2.75, 3.05) is 20.7 Å². The van der Waals surface area contributed by atoms with E-state index >= 15 is 0 Å². The van der Waals surface area contributed by atoms with Crippen molar-refractivity contribution < 1.29 is 14.3 Å². The maximum absolute atomic E-state index is 12.6. The van der Waals surface area contributed by atoms with Crippen molar-refractivity contribution in [3.8, 4) is 0 Å². The summed E-state index contributed by atoms with van der Waals surface area (Å²) in [6.07, 6.45) is 3.98. The summed E-state index contributed by atoms with van der Waals surface area (Å²) in [5.74, 6) is -0.611. The van der Waals surface area contributed by atoms with Gasteiger partial charge in [0.2, 0.25) is 0 Å². The van der Waals surface area contributed by atoms with Gasteiger partial charge in [0.1, 0.15) is 5.41 Å². The van der Waals surface area contributed by atoms with Gasteiger partial charge in [-0.05, 0) is 37.0 Å². The molecule has 1 aliphatic carbocycles. The highest BCUT2D eigenvalue weighted by molar-refractivity contribution is 6.10. The molecule has 0 aliphatic heterocycles. The van der Waals surface area contributed by atoms with Crippen LogP contribution in [0, 0.1) is 5.41 Å². The predicted molar refractivity (Wildman–Crippen MR) is 80.8 cm³/mol. The van der Waals surface area contributed by atoms with Gasteiger partial charge in [0.05, 0.1) is 6.61 Å². The average Bonchev–Trinajstić information content (AvgIpc) is 2.85. The third-order valence-corrected chi connectivity index (χ3v) is 3.76. The number of carbonyl (C=O) groups is 2. The minimum atomic E-state index is -1.10. The van der Waals surface area contributed by atoms with Gasteiger partial charge < -0.3 is 9.64 Å². The molecule has 0 bridgehead atoms. The summed E-state index contributed by atoms with van der Waals surface area (Å²) >= 11 is 0. The molecule has 0 heterocycles. The van der Waals surface area contributed by atoms with Crippen LogP contribution >= 0.6 is 0 Å². The van der Waals surface area contributed by atoms with Gasteiger partial charge in [0.25, 0.3) is 0 Å². The molecule has 4 heteroatoms. The van der Waals surface area contributed by atoms with Gasteiger partial charge in [-0.25, -0.2) is 0 Å². The Bertz CT molecular complexity index is 550. The monoisotopic (exact) mass is 287 g/mol. The first-order valence-corrected chi connectivity index (χ1v) is 7.12. The third kappa shape index (κ3) is 2.99. The van der Waals surface area contributed by atoms with Gasteiger partial charge in [-0.1, -0.05) is 24.3 Å². The molecule has 0 spiro atoms. The number of nitrogens with zero attached hydrogens (tertiary/aromatic N) is 1. The predicted octanol–water partition coefficient (Wildman–Crippen LogP) is 1.98. The number of benzene rings is 1. The first-order valence-electron chi connectivity index (χ1n) is 7.12. The van der Waals surface area contributed by atoms with Crippen molar-refractivity contribution in [3.63, 3.8) is 0 Å². The van der Waals surface area contributed by atoms with Gasteiger partial charge in [-0.3, -0.25) is 9.59 Å². The number of hydrogen-bond acceptors (Lipinski definition) is 4. The van der Waals surface area contributed by atoms with E-state index in [9.17, 15) is 9.59 Å². The lowest BCUT2D eigenvalue weighted by Gasteiger charge is -2.23. The highest BCUT2D eigenvalue weighted by Gasteiger charge is 2.50. The zero-order valence-corrected chi connectivity index (χ0v) is 12.8. The molecular weight excluding hydrogens is 266 g/mol. The quantitative estimate of drug-likeness (QED) is 0.472. The molecule has 1 aromatic carbocycles. The van der Waals surface area contributed by atoms with Gasteiger partial charge in [-0.15, -0.1) is 0 Å². The minimum absolute atomic E-state index is 0.189. The Balaban J connectivity index is 2.35. The normalized spacial score (nSPS) is 15.8. The number of carbonyl (C=O) groups excluding carboxylic acids is 2. The highest BCUT2D eigenvalue weighted by Crippen LogP contribution is 2.39. The van der Waals surface area contributed by atoms with E-state index in [0.717, 1.165) is 11.1 Å². The molecular formula is C17H21NO3. The fraction of sp³-hybridized carbons (Fsp3) is 0.412. The van der Waals surface area contributed by atoms with Crippen LogP contribution in [0.4, 0.5) is 0 Å². The molecule has 112 valence electrons. The lowest BCUT2D eigenvalue weighted by Crippen LogP contribution is -2.41. The van der Waals surface area contributed by atoms with Gasteiger partial charge in [0, 0.05) is 20.3 Å². The van der Waals surface area contributed by atoms with Gasteiger partial charge in [-0.2, -0.15) is 0 Å². The van der Waals surface area contributed by atoms with E-state index in [1.165, 1.54) is 6.08 Å². The standard InChI is InChI=1S/C17H21NO3/c1-4-21-16(20)17(15(19)9-10-18(2)3)11-13-7-5-6-8-14(13)12-17/h5-10H,4,11-12H2,1-3H3. The highest BCUT2D eigenvalue weighted by atomic mass is 16.5. The van der Waals surface area contributed by atoms with E-state index in [2.05, 4.69) is 0 Å². The Morgan fingerprint density at radius 2 is 1.81 bits per heavy atom. The second-order valence-electron chi connectivity index (χ2n) is 5.57. The van der Waals surface area contributed by atoms with Crippen molar-refractivity contribution in [2.24, 2.45) is 5.41 Å². The molecule has 2 rings (SSSR count). The zero-order chi connectivity index (χ0) is 15.5. The smallest absolute Gasteiger partial charge is 0.320 e. The Morgan fingerprint density at radius 1 is 1.24 bits per heavy atom. The maximum Gasteiger partial charge on any atom is 0.320 e. The van der Waals surface area contributed by atoms with Crippen molar-refractivity contribution in [3.05, 3.63) is 47.7 Å². The second-order valence-corrected chi connectivity index (χ2v) is 5.57. The van der Waals surface area contributed by atoms with E-state index in [4.69, 9.17) is 4.74 Å². The lowest BCUT2D eigenvalue weighted by molar-refractivity contribution is -0.158. The van der Waals surface area contributed by atoms with E-state index in [-0.39, 0.29) is 12.4 Å². The molecule has 1 aliphatic rings. The number of rotatable bonds is 5. The molecule has 0 saturated carbocycles. The molecule has 0 unspecified atom stereocenters. The molecule has 0 fully saturated rings. The Kier molecular flexibility index (Phi) is 4.46. The molecule has 1 aromatic rings. The number of fused-ring (bicyclic) bond motifs is 1. The number of esters is 1. The summed E-state index contributed by atoms with van der Waals surface area (Å²) in [5, 5.41) is 0. The van der Waals surface area contributed by atoms with E-state index < -0.39 is 11.4 Å². The SMILES string of the molecule is CCOC(=O)C1(C(=O)C=CN(C)C)Cc2ccccc2C1. The van der Waals surface area contributed by atoms with Crippen molar-refractivity contribution in [2.45, 2.75) is 19.8 Å². The number of allylic oxidation sites excluding steroid dienone is 1. The van der Waals surface area contributed by atoms with Crippen LogP contribution in [0.15, 0.2) is 36.5 Å².